The van der Waals surface area contributed by atoms with Gasteiger partial charge in [0, 0.05) is 12.4 Å². The zero-order chi connectivity index (χ0) is 13.8. The van der Waals surface area contributed by atoms with E-state index in [2.05, 4.69) is 10.3 Å². The fourth-order valence-corrected chi connectivity index (χ4v) is 1.72. The molecule has 2 rings (SSSR count). The van der Waals surface area contributed by atoms with Crippen LogP contribution in [0, 0.1) is 5.92 Å². The molecule has 1 aromatic heterocycles. The van der Waals surface area contributed by atoms with Gasteiger partial charge in [0.1, 0.15) is 0 Å². The number of rotatable bonds is 4. The Morgan fingerprint density at radius 2 is 2.11 bits per heavy atom. The molecule has 0 bridgehead atoms. The molecule has 5 heteroatoms. The number of anilines is 1. The fourth-order valence-electron chi connectivity index (χ4n) is 1.72. The molecule has 0 saturated carbocycles. The molecular weight excluding hydrogens is 240 g/mol. The van der Waals surface area contributed by atoms with Crippen LogP contribution >= 0.6 is 0 Å². The number of amides is 1. The van der Waals surface area contributed by atoms with E-state index in [9.17, 15) is 4.79 Å². The van der Waals surface area contributed by atoms with Gasteiger partial charge < -0.3 is 15.6 Å². The van der Waals surface area contributed by atoms with E-state index in [1.54, 1.807) is 12.5 Å². The number of hydrogen-bond acceptors (Lipinski definition) is 3. The van der Waals surface area contributed by atoms with Gasteiger partial charge in [-0.2, -0.15) is 0 Å². The number of nitrogens with one attached hydrogen (secondary N) is 1. The third kappa shape index (κ3) is 3.00. The predicted molar refractivity (Wildman–Crippen MR) is 75.0 cm³/mol. The molecule has 1 amide bonds. The smallest absolute Gasteiger partial charge is 0.241 e. The molecule has 5 nitrogen and oxygen atoms in total. The second-order valence-electron chi connectivity index (χ2n) is 4.75. The highest BCUT2D eigenvalue weighted by Gasteiger charge is 2.18. The highest BCUT2D eigenvalue weighted by atomic mass is 16.2. The number of hydrogen-bond donors (Lipinski definition) is 2. The molecule has 2 aromatic rings. The van der Waals surface area contributed by atoms with E-state index in [4.69, 9.17) is 5.73 Å². The first-order valence-electron chi connectivity index (χ1n) is 6.23. The Hall–Kier alpha value is -2.14. The fraction of sp³-hybridized carbons (Fsp3) is 0.286. The summed E-state index contributed by atoms with van der Waals surface area (Å²) in [5.41, 5.74) is 7.43. The van der Waals surface area contributed by atoms with Crippen molar-refractivity contribution in [2.75, 3.05) is 5.32 Å². The van der Waals surface area contributed by atoms with Crippen LogP contribution < -0.4 is 11.1 Å². The van der Waals surface area contributed by atoms with E-state index < -0.39 is 6.04 Å². The normalized spacial score (nSPS) is 12.4. The van der Waals surface area contributed by atoms with Crippen LogP contribution in [0.5, 0.6) is 0 Å². The maximum absolute atomic E-state index is 12.0. The van der Waals surface area contributed by atoms with E-state index in [1.165, 1.54) is 0 Å². The summed E-state index contributed by atoms with van der Waals surface area (Å²) in [7, 11) is 0. The van der Waals surface area contributed by atoms with E-state index in [-0.39, 0.29) is 11.8 Å². The Balaban J connectivity index is 2.24. The van der Waals surface area contributed by atoms with Crippen LogP contribution in [0.1, 0.15) is 13.8 Å². The quantitative estimate of drug-likeness (QED) is 0.878. The molecule has 0 saturated heterocycles. The zero-order valence-electron chi connectivity index (χ0n) is 11.1. The van der Waals surface area contributed by atoms with Gasteiger partial charge in [-0.15, -0.1) is 0 Å². The molecule has 19 heavy (non-hydrogen) atoms. The molecule has 0 aliphatic rings. The lowest BCUT2D eigenvalue weighted by Crippen LogP contribution is -2.39. The molecule has 0 unspecified atom stereocenters. The summed E-state index contributed by atoms with van der Waals surface area (Å²) in [6.07, 6.45) is 5.21. The van der Waals surface area contributed by atoms with E-state index in [0.29, 0.717) is 0 Å². The van der Waals surface area contributed by atoms with Crippen molar-refractivity contribution < 1.29 is 4.79 Å². The summed E-state index contributed by atoms with van der Waals surface area (Å²) in [5.74, 6) is -0.0806. The third-order valence-corrected chi connectivity index (χ3v) is 2.97. The predicted octanol–water partition coefficient (Wildman–Crippen LogP) is 1.79. The summed E-state index contributed by atoms with van der Waals surface area (Å²) in [6, 6.07) is 7.03. The first-order chi connectivity index (χ1) is 9.09. The van der Waals surface area contributed by atoms with Gasteiger partial charge in [0.2, 0.25) is 5.91 Å². The molecule has 0 aliphatic carbocycles. The van der Waals surface area contributed by atoms with Crippen molar-refractivity contribution in [3.05, 3.63) is 43.0 Å². The Morgan fingerprint density at radius 3 is 2.74 bits per heavy atom. The first-order valence-corrected chi connectivity index (χ1v) is 6.23. The molecule has 1 atom stereocenters. The minimum Gasteiger partial charge on any atom is -0.323 e. The number of imidazole rings is 1. The maximum Gasteiger partial charge on any atom is 0.241 e. The van der Waals surface area contributed by atoms with Crippen molar-refractivity contribution in [2.24, 2.45) is 11.7 Å². The molecule has 0 spiro atoms. The van der Waals surface area contributed by atoms with Gasteiger partial charge in [-0.25, -0.2) is 4.98 Å². The summed E-state index contributed by atoms with van der Waals surface area (Å²) < 4.78 is 1.84. The van der Waals surface area contributed by atoms with Gasteiger partial charge in [-0.05, 0) is 18.1 Å². The molecule has 1 aromatic carbocycles. The highest BCUT2D eigenvalue weighted by Crippen LogP contribution is 2.20. The van der Waals surface area contributed by atoms with Crippen LogP contribution in [0.2, 0.25) is 0 Å². The third-order valence-electron chi connectivity index (χ3n) is 2.97. The minimum atomic E-state index is -0.518. The van der Waals surface area contributed by atoms with Gasteiger partial charge in [0.05, 0.1) is 23.7 Å². The lowest BCUT2D eigenvalue weighted by Gasteiger charge is -2.17. The van der Waals surface area contributed by atoms with Gasteiger partial charge in [-0.1, -0.05) is 26.0 Å². The minimum absolute atomic E-state index is 0.0976. The van der Waals surface area contributed by atoms with Gasteiger partial charge >= 0.3 is 0 Å². The first kappa shape index (κ1) is 13.3. The van der Waals surface area contributed by atoms with Gasteiger partial charge in [0.25, 0.3) is 0 Å². The Kier molecular flexibility index (Phi) is 3.97. The Bertz CT molecular complexity index is 548. The van der Waals surface area contributed by atoms with Crippen molar-refractivity contribution in [3.63, 3.8) is 0 Å². The van der Waals surface area contributed by atoms with E-state index in [1.807, 2.05) is 48.9 Å². The largest absolute Gasteiger partial charge is 0.323 e. The number of aromatic nitrogens is 2. The molecule has 3 N–H and O–H groups in total. The summed E-state index contributed by atoms with van der Waals surface area (Å²) in [4.78, 5) is 16.0. The van der Waals surface area contributed by atoms with E-state index in [0.717, 1.165) is 11.4 Å². The lowest BCUT2D eigenvalue weighted by atomic mass is 10.0. The summed E-state index contributed by atoms with van der Waals surface area (Å²) >= 11 is 0. The standard InChI is InChI=1S/C14H18N4O/c1-10(2)13(15)14(19)17-11-5-3-4-6-12(11)18-8-7-16-9-18/h3-10,13H,15H2,1-2H3,(H,17,19)/t13-/m0/s1. The average molecular weight is 258 g/mol. The van der Waals surface area contributed by atoms with Crippen molar-refractivity contribution >= 4 is 11.6 Å². The van der Waals surface area contributed by atoms with Crippen molar-refractivity contribution in [1.29, 1.82) is 0 Å². The number of carbonyl (C=O) groups excluding carboxylic acids is 1. The van der Waals surface area contributed by atoms with Crippen LogP contribution in [0.25, 0.3) is 5.69 Å². The van der Waals surface area contributed by atoms with Crippen molar-refractivity contribution in [2.45, 2.75) is 19.9 Å². The van der Waals surface area contributed by atoms with Crippen LogP contribution in [-0.4, -0.2) is 21.5 Å². The van der Waals surface area contributed by atoms with Crippen molar-refractivity contribution in [3.8, 4) is 5.69 Å². The van der Waals surface area contributed by atoms with Crippen LogP contribution in [-0.2, 0) is 4.79 Å². The summed E-state index contributed by atoms with van der Waals surface area (Å²) in [6.45, 7) is 3.85. The monoisotopic (exact) mass is 258 g/mol. The van der Waals surface area contributed by atoms with Gasteiger partial charge in [0.15, 0.2) is 0 Å². The Morgan fingerprint density at radius 1 is 1.37 bits per heavy atom. The zero-order valence-corrected chi connectivity index (χ0v) is 11.1. The molecular formula is C14H18N4O. The maximum atomic E-state index is 12.0. The summed E-state index contributed by atoms with van der Waals surface area (Å²) in [5, 5.41) is 2.87. The number of benzene rings is 1. The molecule has 0 radical (unpaired) electrons. The highest BCUT2D eigenvalue weighted by molar-refractivity contribution is 5.96. The van der Waals surface area contributed by atoms with Gasteiger partial charge in [-0.3, -0.25) is 4.79 Å². The van der Waals surface area contributed by atoms with Crippen molar-refractivity contribution in [1.82, 2.24) is 9.55 Å². The second kappa shape index (κ2) is 5.67. The van der Waals surface area contributed by atoms with Crippen LogP contribution in [0.4, 0.5) is 5.69 Å². The molecule has 0 aliphatic heterocycles. The van der Waals surface area contributed by atoms with Crippen LogP contribution in [0.15, 0.2) is 43.0 Å². The topological polar surface area (TPSA) is 72.9 Å². The number of nitrogens with zero attached hydrogens (tertiary/aromatic N) is 2. The average Bonchev–Trinajstić information content (AvgIpc) is 2.92. The molecule has 0 fully saturated rings. The second-order valence-corrected chi connectivity index (χ2v) is 4.75. The van der Waals surface area contributed by atoms with Crippen LogP contribution in [0.3, 0.4) is 0 Å². The SMILES string of the molecule is CC(C)[C@H](N)C(=O)Nc1ccccc1-n1ccnc1. The molecule has 1 heterocycles. The molecule has 100 valence electrons. The number of carbonyl (C=O) groups is 1. The number of nitrogens with two attached hydrogens (primary N) is 1. The van der Waals surface area contributed by atoms with E-state index >= 15 is 0 Å². The lowest BCUT2D eigenvalue weighted by molar-refractivity contribution is -0.118. The Labute approximate surface area is 112 Å². The number of para-hydroxylation sites is 2.